The summed E-state index contributed by atoms with van der Waals surface area (Å²) in [6.45, 7) is 2.02. The fraction of sp³-hybridized carbons (Fsp3) is 0.100. The molecule has 1 aromatic carbocycles. The van der Waals surface area contributed by atoms with E-state index in [1.807, 2.05) is 19.1 Å². The Morgan fingerprint density at radius 2 is 2.20 bits per heavy atom. The van der Waals surface area contributed by atoms with Crippen LogP contribution in [0.25, 0.3) is 20.8 Å². The maximum Gasteiger partial charge on any atom is 0.145 e. The zero-order chi connectivity index (χ0) is 10.3. The van der Waals surface area contributed by atoms with Gasteiger partial charge in [-0.3, -0.25) is 0 Å². The van der Waals surface area contributed by atoms with Gasteiger partial charge >= 0.3 is 0 Å². The summed E-state index contributed by atoms with van der Waals surface area (Å²) in [6.07, 6.45) is 1.58. The van der Waals surface area contributed by atoms with Gasteiger partial charge in [0.1, 0.15) is 11.3 Å². The second-order valence-electron chi connectivity index (χ2n) is 3.13. The third-order valence-corrected chi connectivity index (χ3v) is 3.75. The second kappa shape index (κ2) is 3.36. The molecule has 0 N–H and O–H groups in total. The van der Waals surface area contributed by atoms with E-state index in [9.17, 15) is 0 Å². The van der Waals surface area contributed by atoms with Crippen molar-refractivity contribution < 1.29 is 0 Å². The Labute approximate surface area is 94.6 Å². The van der Waals surface area contributed by atoms with Crippen LogP contribution in [0.1, 0.15) is 5.01 Å². The summed E-state index contributed by atoms with van der Waals surface area (Å²) in [5.74, 6) is 0. The average Bonchev–Trinajstić information content (AvgIpc) is 2.82. The van der Waals surface area contributed by atoms with Crippen molar-refractivity contribution in [3.63, 3.8) is 0 Å². The molecule has 0 bridgehead atoms. The van der Waals surface area contributed by atoms with Crippen LogP contribution in [0.2, 0.25) is 0 Å². The highest BCUT2D eigenvalue weighted by atomic mass is 32.1. The summed E-state index contributed by atoms with van der Waals surface area (Å²) in [5.41, 5.74) is 2.12. The van der Waals surface area contributed by atoms with Gasteiger partial charge in [-0.15, -0.1) is 11.3 Å². The molecule has 0 unspecified atom stereocenters. The summed E-state index contributed by atoms with van der Waals surface area (Å²) in [5, 5.41) is 2.02. The Hall–Kier alpha value is -1.33. The van der Waals surface area contributed by atoms with E-state index in [1.54, 1.807) is 17.7 Å². The molecular weight excluding hydrogens is 226 g/mol. The van der Waals surface area contributed by atoms with Crippen molar-refractivity contribution in [2.24, 2.45) is 0 Å². The van der Waals surface area contributed by atoms with Gasteiger partial charge in [0.2, 0.25) is 0 Å². The third-order valence-electron chi connectivity index (χ3n) is 2.12. The van der Waals surface area contributed by atoms with Gasteiger partial charge in [-0.25, -0.2) is 9.97 Å². The molecule has 3 rings (SSSR count). The number of hydrogen-bond acceptors (Lipinski definition) is 5. The van der Waals surface area contributed by atoms with Crippen molar-refractivity contribution in [3.05, 3.63) is 29.5 Å². The Balaban J connectivity index is 2.35. The summed E-state index contributed by atoms with van der Waals surface area (Å²) < 4.78 is 5.23. The van der Waals surface area contributed by atoms with Crippen molar-refractivity contribution in [2.45, 2.75) is 6.92 Å². The van der Waals surface area contributed by atoms with E-state index >= 15 is 0 Å². The van der Waals surface area contributed by atoms with E-state index in [2.05, 4.69) is 20.4 Å². The molecule has 0 spiro atoms. The molecule has 0 saturated carbocycles. The zero-order valence-corrected chi connectivity index (χ0v) is 9.60. The summed E-state index contributed by atoms with van der Waals surface area (Å²) in [4.78, 5) is 8.74. The first kappa shape index (κ1) is 8.94. The number of thiazole rings is 1. The standard InChI is InChI=1S/C10H7N3S2/c1-6-13-9-7(10-11-5-12-15-10)3-2-4-8(9)14-6/h2-5H,1H3. The molecule has 0 radical (unpaired) electrons. The smallest absolute Gasteiger partial charge is 0.145 e. The minimum Gasteiger partial charge on any atom is -0.241 e. The number of hydrogen-bond donors (Lipinski definition) is 0. The lowest BCUT2D eigenvalue weighted by Crippen LogP contribution is -1.78. The van der Waals surface area contributed by atoms with Crippen LogP contribution in [0.4, 0.5) is 0 Å². The normalized spacial score (nSPS) is 11.0. The van der Waals surface area contributed by atoms with E-state index in [-0.39, 0.29) is 0 Å². The van der Waals surface area contributed by atoms with Crippen LogP contribution in [-0.4, -0.2) is 14.3 Å². The summed E-state index contributed by atoms with van der Waals surface area (Å²) in [6, 6.07) is 6.17. The van der Waals surface area contributed by atoms with Gasteiger partial charge in [0.15, 0.2) is 0 Å². The SMILES string of the molecule is Cc1nc2c(-c3ncns3)cccc2s1. The summed E-state index contributed by atoms with van der Waals surface area (Å²) >= 11 is 3.11. The van der Waals surface area contributed by atoms with Crippen molar-refractivity contribution in [1.82, 2.24) is 14.3 Å². The number of benzene rings is 1. The topological polar surface area (TPSA) is 38.7 Å². The third kappa shape index (κ3) is 1.44. The molecule has 0 saturated heterocycles. The molecule has 0 atom stereocenters. The van der Waals surface area contributed by atoms with Crippen molar-refractivity contribution >= 4 is 33.1 Å². The minimum absolute atomic E-state index is 0.936. The Morgan fingerprint density at radius 1 is 1.27 bits per heavy atom. The molecule has 2 aromatic heterocycles. The lowest BCUT2D eigenvalue weighted by Gasteiger charge is -1.95. The van der Waals surface area contributed by atoms with Crippen molar-refractivity contribution in [2.75, 3.05) is 0 Å². The zero-order valence-electron chi connectivity index (χ0n) is 7.97. The van der Waals surface area contributed by atoms with Gasteiger partial charge in [0.05, 0.1) is 15.2 Å². The second-order valence-corrected chi connectivity index (χ2v) is 5.15. The molecule has 3 aromatic rings. The maximum atomic E-state index is 4.53. The lowest BCUT2D eigenvalue weighted by atomic mass is 10.2. The number of aryl methyl sites for hydroxylation is 1. The van der Waals surface area contributed by atoms with Crippen LogP contribution in [0.15, 0.2) is 24.5 Å². The molecule has 0 aliphatic rings. The van der Waals surface area contributed by atoms with Crippen LogP contribution in [0, 0.1) is 6.92 Å². The number of rotatable bonds is 1. The predicted octanol–water partition coefficient (Wildman–Crippen LogP) is 3.12. The highest BCUT2D eigenvalue weighted by Crippen LogP contribution is 2.31. The summed E-state index contributed by atoms with van der Waals surface area (Å²) in [7, 11) is 0. The monoisotopic (exact) mass is 233 g/mol. The highest BCUT2D eigenvalue weighted by Gasteiger charge is 2.09. The van der Waals surface area contributed by atoms with E-state index in [0.717, 1.165) is 21.1 Å². The first-order valence-corrected chi connectivity index (χ1v) is 6.07. The Morgan fingerprint density at radius 3 is 3.00 bits per heavy atom. The maximum absolute atomic E-state index is 4.53. The largest absolute Gasteiger partial charge is 0.241 e. The molecule has 15 heavy (non-hydrogen) atoms. The quantitative estimate of drug-likeness (QED) is 0.648. The number of nitrogens with zero attached hydrogens (tertiary/aromatic N) is 3. The van der Waals surface area contributed by atoms with Crippen molar-refractivity contribution in [3.8, 4) is 10.6 Å². The van der Waals surface area contributed by atoms with Crippen LogP contribution in [0.5, 0.6) is 0 Å². The van der Waals surface area contributed by atoms with E-state index in [4.69, 9.17) is 0 Å². The molecule has 0 amide bonds. The first-order chi connectivity index (χ1) is 7.34. The van der Waals surface area contributed by atoms with Gasteiger partial charge in [0, 0.05) is 5.56 Å². The molecule has 0 fully saturated rings. The average molecular weight is 233 g/mol. The van der Waals surface area contributed by atoms with E-state index in [0.29, 0.717) is 0 Å². The number of para-hydroxylation sites is 1. The number of fused-ring (bicyclic) bond motifs is 1. The van der Waals surface area contributed by atoms with Crippen LogP contribution >= 0.6 is 22.9 Å². The fourth-order valence-corrected chi connectivity index (χ4v) is 2.93. The van der Waals surface area contributed by atoms with Gasteiger partial charge in [-0.1, -0.05) is 6.07 Å². The Kier molecular flexibility index (Phi) is 2.00. The van der Waals surface area contributed by atoms with Gasteiger partial charge in [-0.05, 0) is 30.6 Å². The molecule has 5 heteroatoms. The molecule has 2 heterocycles. The first-order valence-electron chi connectivity index (χ1n) is 4.48. The predicted molar refractivity (Wildman–Crippen MR) is 63.3 cm³/mol. The lowest BCUT2D eigenvalue weighted by molar-refractivity contribution is 1.32. The fourth-order valence-electron chi connectivity index (χ4n) is 1.52. The van der Waals surface area contributed by atoms with Crippen LogP contribution in [0.3, 0.4) is 0 Å². The molecule has 0 aliphatic heterocycles. The Bertz CT molecular complexity index is 598. The van der Waals surface area contributed by atoms with Crippen LogP contribution in [-0.2, 0) is 0 Å². The van der Waals surface area contributed by atoms with Gasteiger partial charge in [-0.2, -0.15) is 4.37 Å². The van der Waals surface area contributed by atoms with Crippen molar-refractivity contribution in [1.29, 1.82) is 0 Å². The van der Waals surface area contributed by atoms with Gasteiger partial charge in [0.25, 0.3) is 0 Å². The molecular formula is C10H7N3S2. The minimum atomic E-state index is 0.936. The molecule has 0 aliphatic carbocycles. The van der Waals surface area contributed by atoms with E-state index in [1.165, 1.54) is 16.2 Å². The highest BCUT2D eigenvalue weighted by molar-refractivity contribution is 7.18. The van der Waals surface area contributed by atoms with E-state index < -0.39 is 0 Å². The molecule has 3 nitrogen and oxygen atoms in total. The van der Waals surface area contributed by atoms with Crippen LogP contribution < -0.4 is 0 Å². The molecule has 74 valence electrons. The van der Waals surface area contributed by atoms with Gasteiger partial charge < -0.3 is 0 Å². The number of aromatic nitrogens is 3.